The lowest BCUT2D eigenvalue weighted by Gasteiger charge is -2.40. The summed E-state index contributed by atoms with van der Waals surface area (Å²) in [5.41, 5.74) is 0.746. The molecule has 0 aliphatic carbocycles. The summed E-state index contributed by atoms with van der Waals surface area (Å²) in [5.74, 6) is 0.468. The first-order valence-corrected chi connectivity index (χ1v) is 12.8. The molecular weight excluding hydrogens is 394 g/mol. The molecule has 0 aromatic heterocycles. The number of amides is 1. The van der Waals surface area contributed by atoms with Gasteiger partial charge in [0.2, 0.25) is 5.91 Å². The van der Waals surface area contributed by atoms with Gasteiger partial charge in [-0.25, -0.2) is 0 Å². The van der Waals surface area contributed by atoms with Crippen molar-refractivity contribution < 1.29 is 9.22 Å². The van der Waals surface area contributed by atoms with Crippen molar-refractivity contribution in [3.05, 3.63) is 34.3 Å². The Morgan fingerprint density at radius 3 is 2.40 bits per heavy atom. The summed E-state index contributed by atoms with van der Waals surface area (Å²) in [7, 11) is -1.82. The molecule has 0 unspecified atom stereocenters. The highest BCUT2D eigenvalue weighted by Crippen LogP contribution is 2.46. The normalized spacial score (nSPS) is 25.8. The molecule has 5 heteroatoms. The monoisotopic (exact) mass is 425 g/mol. The van der Waals surface area contributed by atoms with E-state index < -0.39 is 13.7 Å². The quantitative estimate of drug-likeness (QED) is 0.647. The highest BCUT2D eigenvalue weighted by atomic mass is 79.9. The first-order valence-electron chi connectivity index (χ1n) is 9.07. The summed E-state index contributed by atoms with van der Waals surface area (Å²) in [6, 6.07) is 8.31. The topological polar surface area (TPSA) is 38.3 Å². The highest BCUT2D eigenvalue weighted by Gasteiger charge is 2.51. The van der Waals surface area contributed by atoms with Crippen molar-refractivity contribution in [2.45, 2.75) is 58.7 Å². The predicted molar refractivity (Wildman–Crippen MR) is 110 cm³/mol. The van der Waals surface area contributed by atoms with Gasteiger partial charge >= 0.3 is 0 Å². The maximum atomic E-state index is 12.7. The van der Waals surface area contributed by atoms with Gasteiger partial charge in [-0.15, -0.1) is 0 Å². The van der Waals surface area contributed by atoms with Gasteiger partial charge in [-0.3, -0.25) is 4.79 Å². The standard InChI is InChI=1S/C20H32BrNO2Si/c1-14(15-8-10-17(21)11-9-15)20(5)16(12-22-18(20)23)13-24-25(6,7)19(2,3)4/h8-11,14,16H,12-13H2,1-7H3,(H,22,23)/t14-,16-,20-/m1/s1. The Morgan fingerprint density at radius 2 is 1.88 bits per heavy atom. The van der Waals surface area contributed by atoms with E-state index >= 15 is 0 Å². The molecule has 1 aliphatic rings. The van der Waals surface area contributed by atoms with Gasteiger partial charge in [0.05, 0.1) is 5.41 Å². The predicted octanol–water partition coefficient (Wildman–Crippen LogP) is 5.33. The van der Waals surface area contributed by atoms with Crippen LogP contribution in [-0.4, -0.2) is 27.4 Å². The Balaban J connectivity index is 2.21. The van der Waals surface area contributed by atoms with Gasteiger partial charge in [0.15, 0.2) is 8.32 Å². The van der Waals surface area contributed by atoms with Crippen LogP contribution in [-0.2, 0) is 9.22 Å². The maximum absolute atomic E-state index is 12.7. The Kier molecular flexibility index (Phi) is 5.92. The summed E-state index contributed by atoms with van der Waals surface area (Å²) >= 11 is 3.49. The van der Waals surface area contributed by atoms with Gasteiger partial charge in [-0.1, -0.05) is 55.8 Å². The van der Waals surface area contributed by atoms with Crippen molar-refractivity contribution >= 4 is 30.2 Å². The van der Waals surface area contributed by atoms with Crippen LogP contribution in [0, 0.1) is 11.3 Å². The lowest BCUT2D eigenvalue weighted by atomic mass is 9.68. The third-order valence-corrected chi connectivity index (χ3v) is 11.6. The Morgan fingerprint density at radius 1 is 1.32 bits per heavy atom. The molecule has 0 saturated carbocycles. The maximum Gasteiger partial charge on any atom is 0.226 e. The van der Waals surface area contributed by atoms with Crippen molar-refractivity contribution in [2.75, 3.05) is 13.2 Å². The molecule has 140 valence electrons. The van der Waals surface area contributed by atoms with E-state index in [1.807, 2.05) is 12.1 Å². The molecule has 25 heavy (non-hydrogen) atoms. The third-order valence-electron chi connectivity index (χ3n) is 6.57. The molecule has 0 spiro atoms. The van der Waals surface area contributed by atoms with Crippen molar-refractivity contribution in [3.8, 4) is 0 Å². The number of halogens is 1. The second-order valence-corrected chi connectivity index (χ2v) is 14.8. The zero-order chi connectivity index (χ0) is 19.0. The van der Waals surface area contributed by atoms with Crippen LogP contribution in [0.5, 0.6) is 0 Å². The minimum absolute atomic E-state index is 0.135. The molecule has 1 saturated heterocycles. The molecule has 0 radical (unpaired) electrons. The second kappa shape index (κ2) is 7.16. The van der Waals surface area contributed by atoms with Gasteiger partial charge in [0.1, 0.15) is 0 Å². The molecule has 1 aliphatic heterocycles. The zero-order valence-corrected chi connectivity index (χ0v) is 19.2. The highest BCUT2D eigenvalue weighted by molar-refractivity contribution is 9.10. The Hall–Kier alpha value is -0.653. The van der Waals surface area contributed by atoms with Gasteiger partial charge in [-0.2, -0.15) is 0 Å². The molecule has 3 nitrogen and oxygen atoms in total. The van der Waals surface area contributed by atoms with Crippen molar-refractivity contribution in [1.29, 1.82) is 0 Å². The molecule has 3 atom stereocenters. The van der Waals surface area contributed by atoms with Crippen LogP contribution in [0.25, 0.3) is 0 Å². The van der Waals surface area contributed by atoms with E-state index in [0.717, 1.165) is 4.47 Å². The van der Waals surface area contributed by atoms with Gasteiger partial charge in [-0.05, 0) is 48.7 Å². The summed E-state index contributed by atoms with van der Waals surface area (Å²) in [5, 5.41) is 3.26. The summed E-state index contributed by atoms with van der Waals surface area (Å²) < 4.78 is 7.52. The van der Waals surface area contributed by atoms with Gasteiger partial charge in [0, 0.05) is 23.5 Å². The second-order valence-electron chi connectivity index (χ2n) is 9.03. The molecule has 1 heterocycles. The van der Waals surface area contributed by atoms with Crippen LogP contribution in [0.4, 0.5) is 0 Å². The van der Waals surface area contributed by atoms with E-state index in [-0.39, 0.29) is 22.8 Å². The molecule has 1 N–H and O–H groups in total. The third kappa shape index (κ3) is 4.04. The van der Waals surface area contributed by atoms with Crippen LogP contribution < -0.4 is 5.32 Å². The number of nitrogens with one attached hydrogen (secondary N) is 1. The number of benzene rings is 1. The van der Waals surface area contributed by atoms with E-state index in [0.29, 0.717) is 13.2 Å². The molecular formula is C20H32BrNO2Si. The number of hydrogen-bond acceptors (Lipinski definition) is 2. The average molecular weight is 426 g/mol. The van der Waals surface area contributed by atoms with Crippen LogP contribution in [0.3, 0.4) is 0 Å². The molecule has 1 aromatic rings. The fourth-order valence-electron chi connectivity index (χ4n) is 3.21. The summed E-state index contributed by atoms with van der Waals surface area (Å²) in [6.45, 7) is 16.9. The van der Waals surface area contributed by atoms with Crippen molar-refractivity contribution in [3.63, 3.8) is 0 Å². The Bertz CT molecular complexity index is 624. The minimum atomic E-state index is -1.82. The molecule has 1 aromatic carbocycles. The van der Waals surface area contributed by atoms with Crippen LogP contribution in [0.2, 0.25) is 18.1 Å². The Labute approximate surface area is 162 Å². The SMILES string of the molecule is C[C@H](c1ccc(Br)cc1)[C@@]1(C)C(=O)NC[C@@H]1CO[Si](C)(C)C(C)(C)C. The summed E-state index contributed by atoms with van der Waals surface area (Å²) in [6.07, 6.45) is 0. The fraction of sp³-hybridized carbons (Fsp3) is 0.650. The van der Waals surface area contributed by atoms with Crippen molar-refractivity contribution in [1.82, 2.24) is 5.32 Å². The van der Waals surface area contributed by atoms with Crippen LogP contribution in [0.1, 0.15) is 46.1 Å². The lowest BCUT2D eigenvalue weighted by molar-refractivity contribution is -0.129. The fourth-order valence-corrected chi connectivity index (χ4v) is 4.52. The molecule has 2 rings (SSSR count). The smallest absolute Gasteiger partial charge is 0.226 e. The largest absolute Gasteiger partial charge is 0.416 e. The number of hydrogen-bond donors (Lipinski definition) is 1. The minimum Gasteiger partial charge on any atom is -0.416 e. The lowest BCUT2D eigenvalue weighted by Crippen LogP contribution is -2.45. The van der Waals surface area contributed by atoms with E-state index in [2.05, 4.69) is 81.1 Å². The van der Waals surface area contributed by atoms with Gasteiger partial charge < -0.3 is 9.74 Å². The van der Waals surface area contributed by atoms with Gasteiger partial charge in [0.25, 0.3) is 0 Å². The molecule has 1 amide bonds. The van der Waals surface area contributed by atoms with Crippen molar-refractivity contribution in [2.24, 2.45) is 11.3 Å². The number of rotatable bonds is 5. The zero-order valence-electron chi connectivity index (χ0n) is 16.6. The number of carbonyl (C=O) groups excluding carboxylic acids is 1. The number of carbonyl (C=O) groups is 1. The molecule has 1 fully saturated rings. The first-order chi connectivity index (χ1) is 11.4. The van der Waals surface area contributed by atoms with Crippen LogP contribution in [0.15, 0.2) is 28.7 Å². The van der Waals surface area contributed by atoms with E-state index in [9.17, 15) is 4.79 Å². The van der Waals surface area contributed by atoms with E-state index in [4.69, 9.17) is 4.43 Å². The van der Waals surface area contributed by atoms with Crippen LogP contribution >= 0.6 is 15.9 Å². The van der Waals surface area contributed by atoms with E-state index in [1.165, 1.54) is 5.56 Å². The molecule has 0 bridgehead atoms. The first kappa shape index (κ1) is 20.7. The average Bonchev–Trinajstić information content (AvgIpc) is 2.81. The summed E-state index contributed by atoms with van der Waals surface area (Å²) in [4.78, 5) is 12.7. The van der Waals surface area contributed by atoms with E-state index in [1.54, 1.807) is 0 Å².